The molecule has 0 bridgehead atoms. The first-order valence-corrected chi connectivity index (χ1v) is 16.7. The van der Waals surface area contributed by atoms with Crippen molar-refractivity contribution in [2.24, 2.45) is 52.3 Å². The minimum atomic E-state index is -4.66. The Balaban J connectivity index is 1.11. The summed E-state index contributed by atoms with van der Waals surface area (Å²) in [5.74, 6) is 0.0835. The molecule has 5 rings (SSSR count). The Labute approximate surface area is 250 Å². The van der Waals surface area contributed by atoms with Gasteiger partial charge in [0.15, 0.2) is 0 Å². The van der Waals surface area contributed by atoms with Crippen LogP contribution in [0.2, 0.25) is 0 Å². The third kappa shape index (κ3) is 5.70. The smallest absolute Gasteiger partial charge is 0.399 e. The SMILES string of the molecule is CC(CCCC(C)[C@H]1CC[C@H]2[C@@H]3CCC4CCCC[C@]4(C)[C@H]3CC[C@]12C)COC(F)(F)C(F)(F)c1cc(N)cc(N)c1. The average molecular weight is 595 g/mol. The zero-order valence-electron chi connectivity index (χ0n) is 26.2. The summed E-state index contributed by atoms with van der Waals surface area (Å²) in [4.78, 5) is 0. The molecule has 0 aliphatic heterocycles. The summed E-state index contributed by atoms with van der Waals surface area (Å²) in [6.45, 7) is 8.98. The van der Waals surface area contributed by atoms with Gasteiger partial charge < -0.3 is 16.2 Å². The van der Waals surface area contributed by atoms with Gasteiger partial charge in [0.25, 0.3) is 0 Å². The van der Waals surface area contributed by atoms with E-state index in [1.54, 1.807) is 6.92 Å². The predicted molar refractivity (Wildman–Crippen MR) is 162 cm³/mol. The van der Waals surface area contributed by atoms with E-state index in [-0.39, 0.29) is 17.3 Å². The van der Waals surface area contributed by atoms with E-state index in [0.29, 0.717) is 29.1 Å². The molecule has 7 heteroatoms. The highest BCUT2D eigenvalue weighted by atomic mass is 19.3. The van der Waals surface area contributed by atoms with Crippen LogP contribution in [0.25, 0.3) is 0 Å². The van der Waals surface area contributed by atoms with Gasteiger partial charge in [-0.05, 0) is 128 Å². The van der Waals surface area contributed by atoms with Crippen LogP contribution in [0, 0.1) is 52.3 Å². The van der Waals surface area contributed by atoms with Crippen LogP contribution in [0.4, 0.5) is 28.9 Å². The lowest BCUT2D eigenvalue weighted by atomic mass is 9.44. The Morgan fingerprint density at radius 3 is 2.24 bits per heavy atom. The molecule has 0 heterocycles. The Bertz CT molecular complexity index is 1080. The number of nitrogens with two attached hydrogens (primary N) is 2. The monoisotopic (exact) mass is 594 g/mol. The van der Waals surface area contributed by atoms with Crippen LogP contribution >= 0.6 is 0 Å². The highest BCUT2D eigenvalue weighted by molar-refractivity contribution is 5.55. The second-order valence-corrected chi connectivity index (χ2v) is 15.4. The molecule has 4 N–H and O–H groups in total. The second kappa shape index (κ2) is 11.8. The summed E-state index contributed by atoms with van der Waals surface area (Å²) < 4.78 is 63.0. The maximum Gasteiger partial charge on any atom is 0.424 e. The van der Waals surface area contributed by atoms with Gasteiger partial charge in [-0.1, -0.05) is 53.4 Å². The van der Waals surface area contributed by atoms with Gasteiger partial charge in [-0.3, -0.25) is 0 Å². The van der Waals surface area contributed by atoms with Crippen LogP contribution in [-0.2, 0) is 10.7 Å². The number of hydrogen-bond donors (Lipinski definition) is 2. The van der Waals surface area contributed by atoms with Crippen LogP contribution in [0.3, 0.4) is 0 Å². The van der Waals surface area contributed by atoms with Crippen molar-refractivity contribution in [1.82, 2.24) is 0 Å². The normalized spacial score (nSPS) is 36.5. The summed E-state index contributed by atoms with van der Waals surface area (Å²) in [5, 5.41) is 0. The largest absolute Gasteiger partial charge is 0.424 e. The number of hydrogen-bond acceptors (Lipinski definition) is 3. The number of anilines is 2. The molecule has 4 aliphatic carbocycles. The summed E-state index contributed by atoms with van der Waals surface area (Å²) in [5.41, 5.74) is 10.9. The summed E-state index contributed by atoms with van der Waals surface area (Å²) in [6, 6.07) is 2.89. The van der Waals surface area contributed by atoms with Gasteiger partial charge in [0.2, 0.25) is 0 Å². The van der Waals surface area contributed by atoms with Crippen molar-refractivity contribution in [3.05, 3.63) is 23.8 Å². The molecule has 0 saturated heterocycles. The highest BCUT2D eigenvalue weighted by Crippen LogP contribution is 2.68. The molecule has 1 aromatic carbocycles. The molecule has 238 valence electrons. The molecular formula is C35H54F4N2O. The number of fused-ring (bicyclic) bond motifs is 5. The van der Waals surface area contributed by atoms with Gasteiger partial charge >= 0.3 is 12.0 Å². The van der Waals surface area contributed by atoms with Gasteiger partial charge in [0, 0.05) is 16.9 Å². The molecule has 0 radical (unpaired) electrons. The molecule has 3 nitrogen and oxygen atoms in total. The molecule has 9 atom stereocenters. The summed E-state index contributed by atoms with van der Waals surface area (Å²) in [7, 11) is 0. The topological polar surface area (TPSA) is 61.3 Å². The minimum absolute atomic E-state index is 0.0932. The van der Waals surface area contributed by atoms with Gasteiger partial charge in [0.1, 0.15) is 0 Å². The van der Waals surface area contributed by atoms with E-state index < -0.39 is 24.2 Å². The lowest BCUT2D eigenvalue weighted by Crippen LogP contribution is -2.53. The minimum Gasteiger partial charge on any atom is -0.399 e. The van der Waals surface area contributed by atoms with Crippen molar-refractivity contribution < 1.29 is 22.3 Å². The van der Waals surface area contributed by atoms with E-state index >= 15 is 0 Å². The Hall–Kier alpha value is -1.50. The number of halogens is 4. The maximum absolute atomic E-state index is 14.7. The van der Waals surface area contributed by atoms with E-state index in [9.17, 15) is 17.6 Å². The van der Waals surface area contributed by atoms with Crippen molar-refractivity contribution >= 4 is 11.4 Å². The van der Waals surface area contributed by atoms with Crippen LogP contribution in [0.15, 0.2) is 18.2 Å². The van der Waals surface area contributed by atoms with E-state index in [0.717, 1.165) is 48.6 Å². The maximum atomic E-state index is 14.7. The van der Waals surface area contributed by atoms with Crippen LogP contribution in [-0.4, -0.2) is 12.7 Å². The van der Waals surface area contributed by atoms with Crippen LogP contribution in [0.5, 0.6) is 0 Å². The first kappa shape index (κ1) is 31.9. The lowest BCUT2D eigenvalue weighted by Gasteiger charge is -2.61. The fraction of sp³-hybridized carbons (Fsp3) is 0.829. The van der Waals surface area contributed by atoms with Crippen LogP contribution in [0.1, 0.15) is 117 Å². The van der Waals surface area contributed by atoms with Gasteiger partial charge in [-0.25, -0.2) is 0 Å². The molecule has 0 amide bonds. The summed E-state index contributed by atoms with van der Waals surface area (Å²) in [6.07, 6.45) is 11.9. The third-order valence-corrected chi connectivity index (χ3v) is 13.0. The molecule has 42 heavy (non-hydrogen) atoms. The number of alkyl halides is 4. The van der Waals surface area contributed by atoms with Gasteiger partial charge in [0.05, 0.1) is 6.61 Å². The molecule has 0 aromatic heterocycles. The van der Waals surface area contributed by atoms with Crippen molar-refractivity contribution in [1.29, 1.82) is 0 Å². The number of nitrogen functional groups attached to an aromatic ring is 2. The molecule has 4 fully saturated rings. The molecule has 3 unspecified atom stereocenters. The second-order valence-electron chi connectivity index (χ2n) is 15.4. The molecule has 4 saturated carbocycles. The lowest BCUT2D eigenvalue weighted by molar-refractivity contribution is -0.356. The zero-order valence-corrected chi connectivity index (χ0v) is 26.2. The average Bonchev–Trinajstić information content (AvgIpc) is 3.28. The predicted octanol–water partition coefficient (Wildman–Crippen LogP) is 10.0. The number of benzene rings is 1. The highest BCUT2D eigenvalue weighted by Gasteiger charge is 2.61. The molecule has 4 aliphatic rings. The third-order valence-electron chi connectivity index (χ3n) is 13.0. The van der Waals surface area contributed by atoms with Gasteiger partial charge in [-0.15, -0.1) is 0 Å². The fourth-order valence-electron chi connectivity index (χ4n) is 10.7. The molecular weight excluding hydrogens is 540 g/mol. The first-order chi connectivity index (χ1) is 19.7. The van der Waals surface area contributed by atoms with E-state index in [1.165, 1.54) is 70.3 Å². The van der Waals surface area contributed by atoms with Gasteiger partial charge in [-0.2, -0.15) is 17.6 Å². The fourth-order valence-corrected chi connectivity index (χ4v) is 10.7. The Morgan fingerprint density at radius 1 is 0.833 bits per heavy atom. The zero-order chi connectivity index (χ0) is 30.5. The number of ether oxygens (including phenoxy) is 1. The van der Waals surface area contributed by atoms with Crippen molar-refractivity contribution in [3.8, 4) is 0 Å². The summed E-state index contributed by atoms with van der Waals surface area (Å²) >= 11 is 0. The number of rotatable bonds is 10. The van der Waals surface area contributed by atoms with E-state index in [4.69, 9.17) is 11.5 Å². The van der Waals surface area contributed by atoms with Crippen molar-refractivity contribution in [2.75, 3.05) is 18.1 Å². The Morgan fingerprint density at radius 2 is 1.52 bits per heavy atom. The van der Waals surface area contributed by atoms with Crippen molar-refractivity contribution in [2.45, 2.75) is 123 Å². The molecule has 0 spiro atoms. The van der Waals surface area contributed by atoms with E-state index in [2.05, 4.69) is 25.5 Å². The quantitative estimate of drug-likeness (QED) is 0.209. The Kier molecular flexibility index (Phi) is 8.95. The standard InChI is InChI=1S/C35H54F4N2O/c1-22(21-42-35(38,39)34(36,37)25-18-26(40)20-27(41)19-25)8-7-9-23(2)29-13-14-30-28-12-11-24-10-5-6-16-32(24,3)31(28)15-17-33(29,30)4/h18-20,22-24,28-31H,5-17,21,40-41H2,1-4H3/t22?,23?,24?,28-,29+,30-,31-,32-,33+/m0/s1. The van der Waals surface area contributed by atoms with Crippen molar-refractivity contribution in [3.63, 3.8) is 0 Å². The first-order valence-electron chi connectivity index (χ1n) is 16.7. The van der Waals surface area contributed by atoms with Crippen LogP contribution < -0.4 is 11.5 Å². The van der Waals surface area contributed by atoms with E-state index in [1.807, 2.05) is 0 Å². The molecule has 1 aromatic rings.